The fraction of sp³-hybridized carbons (Fsp3) is 0.474. The summed E-state index contributed by atoms with van der Waals surface area (Å²) in [6.07, 6.45) is 8.28. The summed E-state index contributed by atoms with van der Waals surface area (Å²) in [6.45, 7) is 3.93. The van der Waals surface area contributed by atoms with E-state index in [0.29, 0.717) is 13.1 Å². The molecule has 0 radical (unpaired) electrons. The number of nitrogens with one attached hydrogen (secondary N) is 1. The van der Waals surface area contributed by atoms with Gasteiger partial charge in [-0.15, -0.1) is 0 Å². The lowest BCUT2D eigenvalue weighted by Crippen LogP contribution is -2.43. The molecule has 2 aromatic rings. The lowest BCUT2D eigenvalue weighted by molar-refractivity contribution is -0.126. The van der Waals surface area contributed by atoms with Gasteiger partial charge < -0.3 is 9.88 Å². The molecule has 5 nitrogen and oxygen atoms in total. The van der Waals surface area contributed by atoms with Crippen LogP contribution in [0.1, 0.15) is 24.8 Å². The van der Waals surface area contributed by atoms with Crippen LogP contribution >= 0.6 is 0 Å². The van der Waals surface area contributed by atoms with E-state index < -0.39 is 0 Å². The van der Waals surface area contributed by atoms with Crippen molar-refractivity contribution in [3.05, 3.63) is 54.4 Å². The van der Waals surface area contributed by atoms with Crippen molar-refractivity contribution in [3.63, 3.8) is 0 Å². The molecule has 1 aliphatic heterocycles. The van der Waals surface area contributed by atoms with Crippen LogP contribution < -0.4 is 5.32 Å². The van der Waals surface area contributed by atoms with E-state index in [2.05, 4.69) is 15.2 Å². The molecule has 1 aromatic carbocycles. The van der Waals surface area contributed by atoms with Gasteiger partial charge in [0.1, 0.15) is 5.82 Å². The molecule has 1 aromatic heterocycles. The number of hydrogen-bond donors (Lipinski definition) is 1. The van der Waals surface area contributed by atoms with Crippen molar-refractivity contribution in [2.24, 2.45) is 5.92 Å². The van der Waals surface area contributed by atoms with Gasteiger partial charge in [0.25, 0.3) is 0 Å². The van der Waals surface area contributed by atoms with Crippen LogP contribution in [0.25, 0.3) is 0 Å². The number of aryl methyl sites for hydroxylation is 1. The van der Waals surface area contributed by atoms with Crippen LogP contribution in [0.2, 0.25) is 0 Å². The Morgan fingerprint density at radius 3 is 3.12 bits per heavy atom. The van der Waals surface area contributed by atoms with Gasteiger partial charge in [0.2, 0.25) is 5.91 Å². The molecule has 1 amide bonds. The third-order valence-electron chi connectivity index (χ3n) is 4.62. The molecule has 6 heteroatoms. The molecular weight excluding hydrogens is 319 g/mol. The highest BCUT2D eigenvalue weighted by Crippen LogP contribution is 2.19. The van der Waals surface area contributed by atoms with Gasteiger partial charge in [0, 0.05) is 38.6 Å². The van der Waals surface area contributed by atoms with E-state index in [1.807, 2.05) is 16.8 Å². The highest BCUT2D eigenvalue weighted by atomic mass is 19.1. The molecule has 2 heterocycles. The smallest absolute Gasteiger partial charge is 0.224 e. The maximum absolute atomic E-state index is 13.3. The zero-order chi connectivity index (χ0) is 17.5. The average Bonchev–Trinajstić information content (AvgIpc) is 3.12. The van der Waals surface area contributed by atoms with Gasteiger partial charge in [0.15, 0.2) is 0 Å². The molecule has 0 spiro atoms. The second kappa shape index (κ2) is 8.76. The monoisotopic (exact) mass is 344 g/mol. The Hall–Kier alpha value is -2.21. The summed E-state index contributed by atoms with van der Waals surface area (Å²) in [5.41, 5.74) is 0.960. The van der Waals surface area contributed by atoms with E-state index in [1.54, 1.807) is 24.7 Å². The highest BCUT2D eigenvalue weighted by molar-refractivity contribution is 5.78. The molecule has 1 atom stereocenters. The van der Waals surface area contributed by atoms with E-state index in [9.17, 15) is 9.18 Å². The number of halogens is 1. The molecule has 0 aliphatic carbocycles. The number of carbonyl (C=O) groups is 1. The fourth-order valence-corrected chi connectivity index (χ4v) is 3.34. The lowest BCUT2D eigenvalue weighted by Gasteiger charge is -2.32. The van der Waals surface area contributed by atoms with E-state index in [-0.39, 0.29) is 17.6 Å². The Kier molecular flexibility index (Phi) is 6.17. The topological polar surface area (TPSA) is 50.2 Å². The molecular formula is C19H25FN4O. The number of benzene rings is 1. The van der Waals surface area contributed by atoms with Crippen molar-refractivity contribution in [1.29, 1.82) is 0 Å². The first-order valence-corrected chi connectivity index (χ1v) is 8.91. The molecule has 1 aliphatic rings. The van der Waals surface area contributed by atoms with Crippen LogP contribution in [0.4, 0.5) is 4.39 Å². The van der Waals surface area contributed by atoms with Crippen LogP contribution in [-0.2, 0) is 17.9 Å². The summed E-state index contributed by atoms with van der Waals surface area (Å²) in [5.74, 6) is -0.0492. The first-order valence-electron chi connectivity index (χ1n) is 8.91. The predicted molar refractivity (Wildman–Crippen MR) is 94.3 cm³/mol. The molecule has 0 unspecified atom stereocenters. The van der Waals surface area contributed by atoms with E-state index in [0.717, 1.165) is 44.5 Å². The minimum absolute atomic E-state index is 0.0237. The normalized spacial score (nSPS) is 18.2. The summed E-state index contributed by atoms with van der Waals surface area (Å²) in [5, 5.41) is 3.05. The number of carbonyl (C=O) groups excluding carboxylic acids is 1. The minimum atomic E-state index is -0.207. The zero-order valence-electron chi connectivity index (χ0n) is 14.4. The Labute approximate surface area is 147 Å². The number of imidazole rings is 1. The third-order valence-corrected chi connectivity index (χ3v) is 4.62. The Morgan fingerprint density at radius 2 is 2.32 bits per heavy atom. The predicted octanol–water partition coefficient (Wildman–Crippen LogP) is 2.44. The molecule has 1 N–H and O–H groups in total. The number of nitrogens with zero attached hydrogens (tertiary/aromatic N) is 3. The summed E-state index contributed by atoms with van der Waals surface area (Å²) in [7, 11) is 0. The van der Waals surface area contributed by atoms with Crippen molar-refractivity contribution in [3.8, 4) is 0 Å². The lowest BCUT2D eigenvalue weighted by atomic mass is 9.96. The van der Waals surface area contributed by atoms with Gasteiger partial charge in [-0.3, -0.25) is 9.69 Å². The van der Waals surface area contributed by atoms with Crippen molar-refractivity contribution >= 4 is 5.91 Å². The van der Waals surface area contributed by atoms with Gasteiger partial charge in [-0.05, 0) is 43.5 Å². The second-order valence-corrected chi connectivity index (χ2v) is 6.65. The molecule has 25 heavy (non-hydrogen) atoms. The van der Waals surface area contributed by atoms with Crippen LogP contribution in [0.5, 0.6) is 0 Å². The first kappa shape index (κ1) is 17.6. The maximum atomic E-state index is 13.3. The summed E-state index contributed by atoms with van der Waals surface area (Å²) < 4.78 is 15.3. The van der Waals surface area contributed by atoms with Gasteiger partial charge >= 0.3 is 0 Å². The largest absolute Gasteiger partial charge is 0.356 e. The van der Waals surface area contributed by atoms with E-state index in [4.69, 9.17) is 0 Å². The Bertz CT molecular complexity index is 674. The van der Waals surface area contributed by atoms with Gasteiger partial charge in [-0.2, -0.15) is 0 Å². The average molecular weight is 344 g/mol. The summed E-state index contributed by atoms with van der Waals surface area (Å²) >= 11 is 0. The Morgan fingerprint density at radius 1 is 1.40 bits per heavy atom. The van der Waals surface area contributed by atoms with Crippen LogP contribution in [0.3, 0.4) is 0 Å². The second-order valence-electron chi connectivity index (χ2n) is 6.65. The van der Waals surface area contributed by atoms with Crippen LogP contribution in [0, 0.1) is 11.7 Å². The number of hydrogen-bond acceptors (Lipinski definition) is 3. The summed E-state index contributed by atoms with van der Waals surface area (Å²) in [4.78, 5) is 18.6. The maximum Gasteiger partial charge on any atom is 0.224 e. The fourth-order valence-electron chi connectivity index (χ4n) is 3.34. The zero-order valence-corrected chi connectivity index (χ0v) is 14.4. The van der Waals surface area contributed by atoms with Crippen LogP contribution in [0.15, 0.2) is 43.0 Å². The molecule has 1 saturated heterocycles. The Balaban J connectivity index is 1.41. The first-order chi connectivity index (χ1) is 12.2. The SMILES string of the molecule is O=C(NCCCn1ccnc1)[C@H]1CCCN(Cc2cccc(F)c2)C1. The standard InChI is InChI=1S/C19H25FN4O/c20-18-6-1-4-16(12-18)13-24-9-2-5-17(14-24)19(25)22-7-3-10-23-11-8-21-15-23/h1,4,6,8,11-12,15,17H,2-3,5,7,9-10,13-14H2,(H,22,25)/t17-/m0/s1. The minimum Gasteiger partial charge on any atom is -0.356 e. The van der Waals surface area contributed by atoms with Gasteiger partial charge in [0.05, 0.1) is 12.2 Å². The van der Waals surface area contributed by atoms with Gasteiger partial charge in [-0.25, -0.2) is 9.37 Å². The van der Waals surface area contributed by atoms with Crippen molar-refractivity contribution in [2.45, 2.75) is 32.4 Å². The van der Waals surface area contributed by atoms with E-state index in [1.165, 1.54) is 6.07 Å². The van der Waals surface area contributed by atoms with Crippen LogP contribution in [-0.4, -0.2) is 40.0 Å². The number of amides is 1. The quantitative estimate of drug-likeness (QED) is 0.785. The number of aromatic nitrogens is 2. The molecule has 1 fully saturated rings. The molecule has 3 rings (SSSR count). The third kappa shape index (κ3) is 5.39. The van der Waals surface area contributed by atoms with E-state index >= 15 is 0 Å². The van der Waals surface area contributed by atoms with Crippen molar-refractivity contribution in [2.75, 3.05) is 19.6 Å². The number of piperidine rings is 1. The van der Waals surface area contributed by atoms with Crippen molar-refractivity contribution in [1.82, 2.24) is 19.8 Å². The highest BCUT2D eigenvalue weighted by Gasteiger charge is 2.25. The molecule has 134 valence electrons. The van der Waals surface area contributed by atoms with Crippen molar-refractivity contribution < 1.29 is 9.18 Å². The number of likely N-dealkylation sites (tertiary alicyclic amines) is 1. The summed E-state index contributed by atoms with van der Waals surface area (Å²) in [6, 6.07) is 6.70. The van der Waals surface area contributed by atoms with Gasteiger partial charge in [-0.1, -0.05) is 12.1 Å². The molecule has 0 saturated carbocycles. The number of rotatable bonds is 7. The molecule has 0 bridgehead atoms.